The smallest absolute Gasteiger partial charge is 0.325 e. The Kier molecular flexibility index (Phi) is 3.31. The van der Waals surface area contributed by atoms with Crippen molar-refractivity contribution in [2.75, 3.05) is 0 Å². The molecule has 0 heterocycles. The minimum Gasteiger partial charge on any atom is -0.480 e. The van der Waals surface area contributed by atoms with E-state index in [1.54, 1.807) is 0 Å². The molecule has 76 valence electrons. The molecule has 1 rings (SSSR count). The zero-order valence-corrected chi connectivity index (χ0v) is 8.31. The molecule has 1 aromatic carbocycles. The predicted octanol–water partition coefficient (Wildman–Crippen LogP) is 2.22. The van der Waals surface area contributed by atoms with E-state index in [4.69, 9.17) is 34.0 Å². The number of hydrogen-bond acceptors (Lipinski definition) is 2. The lowest BCUT2D eigenvalue weighted by Crippen LogP contribution is -2.22. The average Bonchev–Trinajstić information content (AvgIpc) is 2.09. The number of carbonyl (C=O) groups is 1. The number of carboxylic acids is 1. The van der Waals surface area contributed by atoms with E-state index in [0.29, 0.717) is 0 Å². The third kappa shape index (κ3) is 2.15. The van der Waals surface area contributed by atoms with Crippen molar-refractivity contribution in [1.29, 1.82) is 0 Å². The summed E-state index contributed by atoms with van der Waals surface area (Å²) >= 11 is 11.0. The van der Waals surface area contributed by atoms with Gasteiger partial charge in [0.1, 0.15) is 11.9 Å². The van der Waals surface area contributed by atoms with Gasteiger partial charge in [0, 0.05) is 10.6 Å². The third-order valence-electron chi connectivity index (χ3n) is 1.62. The fraction of sp³-hybridized carbons (Fsp3) is 0.125. The Morgan fingerprint density at radius 3 is 2.57 bits per heavy atom. The molecule has 14 heavy (non-hydrogen) atoms. The van der Waals surface area contributed by atoms with Gasteiger partial charge in [-0.25, -0.2) is 4.39 Å². The summed E-state index contributed by atoms with van der Waals surface area (Å²) in [6, 6.07) is 0.851. The van der Waals surface area contributed by atoms with Gasteiger partial charge in [0.05, 0.1) is 5.02 Å². The first-order valence-electron chi connectivity index (χ1n) is 3.56. The second-order valence-electron chi connectivity index (χ2n) is 2.61. The summed E-state index contributed by atoms with van der Waals surface area (Å²) in [6.45, 7) is 0. The number of halogens is 3. The lowest BCUT2D eigenvalue weighted by molar-refractivity contribution is -0.138. The Bertz CT molecular complexity index is 384. The molecule has 0 bridgehead atoms. The van der Waals surface area contributed by atoms with Crippen molar-refractivity contribution < 1.29 is 14.3 Å². The van der Waals surface area contributed by atoms with Gasteiger partial charge in [0.25, 0.3) is 0 Å². The van der Waals surface area contributed by atoms with Gasteiger partial charge in [-0.3, -0.25) is 4.79 Å². The van der Waals surface area contributed by atoms with Crippen molar-refractivity contribution in [3.63, 3.8) is 0 Å². The summed E-state index contributed by atoms with van der Waals surface area (Å²) in [5, 5.41) is 8.46. The van der Waals surface area contributed by atoms with Gasteiger partial charge < -0.3 is 10.8 Å². The summed E-state index contributed by atoms with van der Waals surface area (Å²) in [4.78, 5) is 10.5. The number of aliphatic carboxylic acids is 1. The number of rotatable bonds is 2. The molecule has 0 fully saturated rings. The molecule has 0 aromatic heterocycles. The zero-order valence-electron chi connectivity index (χ0n) is 6.80. The highest BCUT2D eigenvalue weighted by Gasteiger charge is 2.20. The van der Waals surface area contributed by atoms with E-state index in [1.165, 1.54) is 6.07 Å². The second kappa shape index (κ2) is 4.13. The first-order valence-corrected chi connectivity index (χ1v) is 4.32. The summed E-state index contributed by atoms with van der Waals surface area (Å²) < 4.78 is 13.3. The summed E-state index contributed by atoms with van der Waals surface area (Å²) in [5.74, 6) is -2.20. The van der Waals surface area contributed by atoms with Crippen molar-refractivity contribution >= 4 is 29.2 Å². The van der Waals surface area contributed by atoms with E-state index in [1.807, 2.05) is 0 Å². The maximum absolute atomic E-state index is 13.3. The Labute approximate surface area is 89.2 Å². The van der Waals surface area contributed by atoms with Crippen molar-refractivity contribution in [3.8, 4) is 0 Å². The maximum Gasteiger partial charge on any atom is 0.325 e. The van der Waals surface area contributed by atoms with Crippen LogP contribution in [0.3, 0.4) is 0 Å². The van der Waals surface area contributed by atoms with Gasteiger partial charge in [-0.05, 0) is 12.1 Å². The van der Waals surface area contributed by atoms with Crippen molar-refractivity contribution in [2.24, 2.45) is 5.73 Å². The molecule has 6 heteroatoms. The van der Waals surface area contributed by atoms with Crippen molar-refractivity contribution in [3.05, 3.63) is 33.6 Å². The lowest BCUT2D eigenvalue weighted by Gasteiger charge is -2.09. The monoisotopic (exact) mass is 237 g/mol. The van der Waals surface area contributed by atoms with Crippen LogP contribution in [0.25, 0.3) is 0 Å². The normalized spacial score (nSPS) is 12.6. The van der Waals surface area contributed by atoms with E-state index in [2.05, 4.69) is 0 Å². The van der Waals surface area contributed by atoms with Crippen LogP contribution in [0.5, 0.6) is 0 Å². The van der Waals surface area contributed by atoms with E-state index in [0.717, 1.165) is 6.07 Å². The van der Waals surface area contributed by atoms with Crippen LogP contribution in [-0.2, 0) is 4.79 Å². The number of nitrogens with two attached hydrogens (primary N) is 1. The van der Waals surface area contributed by atoms with Crippen LogP contribution in [0.15, 0.2) is 12.1 Å². The van der Waals surface area contributed by atoms with Crippen LogP contribution >= 0.6 is 23.2 Å². The first-order chi connectivity index (χ1) is 6.43. The van der Waals surface area contributed by atoms with Gasteiger partial charge in [0.15, 0.2) is 0 Å². The second-order valence-corrected chi connectivity index (χ2v) is 3.45. The molecule has 0 aliphatic carbocycles. The van der Waals surface area contributed by atoms with Gasteiger partial charge in [0.2, 0.25) is 0 Å². The molecule has 1 aromatic rings. The molecule has 0 saturated heterocycles. The van der Waals surface area contributed by atoms with Gasteiger partial charge >= 0.3 is 5.97 Å². The highest BCUT2D eigenvalue weighted by molar-refractivity contribution is 6.34. The third-order valence-corrected chi connectivity index (χ3v) is 2.12. The van der Waals surface area contributed by atoms with Gasteiger partial charge in [-0.1, -0.05) is 23.2 Å². The molecule has 0 amide bonds. The van der Waals surface area contributed by atoms with Crippen LogP contribution in [0.2, 0.25) is 10.0 Å². The minimum atomic E-state index is -1.47. The quantitative estimate of drug-likeness (QED) is 0.776. The fourth-order valence-electron chi connectivity index (χ4n) is 0.935. The topological polar surface area (TPSA) is 63.3 Å². The Balaban J connectivity index is 3.26. The predicted molar refractivity (Wildman–Crippen MR) is 51.0 cm³/mol. The SMILES string of the molecule is N[C@H](C(=O)O)c1cc(Cl)cc(Cl)c1F. The molecule has 0 saturated carbocycles. The van der Waals surface area contributed by atoms with Gasteiger partial charge in [-0.15, -0.1) is 0 Å². The van der Waals surface area contributed by atoms with Crippen LogP contribution in [0, 0.1) is 5.82 Å². The summed E-state index contributed by atoms with van der Waals surface area (Å²) in [7, 11) is 0. The molecule has 0 radical (unpaired) electrons. The molecule has 0 unspecified atom stereocenters. The van der Waals surface area contributed by atoms with E-state index in [-0.39, 0.29) is 15.6 Å². The minimum absolute atomic E-state index is 0.142. The average molecular weight is 238 g/mol. The first kappa shape index (κ1) is 11.2. The number of hydrogen-bond donors (Lipinski definition) is 2. The van der Waals surface area contributed by atoms with E-state index in [9.17, 15) is 9.18 Å². The van der Waals surface area contributed by atoms with E-state index >= 15 is 0 Å². The van der Waals surface area contributed by atoms with Crippen molar-refractivity contribution in [2.45, 2.75) is 6.04 Å². The van der Waals surface area contributed by atoms with E-state index < -0.39 is 17.8 Å². The highest BCUT2D eigenvalue weighted by atomic mass is 35.5. The Hall–Kier alpha value is -0.840. The molecule has 1 atom stereocenters. The fourth-order valence-corrected chi connectivity index (χ4v) is 1.44. The molecule has 0 aliphatic rings. The largest absolute Gasteiger partial charge is 0.480 e. The van der Waals surface area contributed by atoms with Crippen LogP contribution in [-0.4, -0.2) is 11.1 Å². The molecular weight excluding hydrogens is 232 g/mol. The Morgan fingerprint density at radius 1 is 1.50 bits per heavy atom. The molecule has 3 N–H and O–H groups in total. The van der Waals surface area contributed by atoms with Crippen LogP contribution in [0.4, 0.5) is 4.39 Å². The summed E-state index contributed by atoms with van der Waals surface area (Å²) in [6.07, 6.45) is 0. The zero-order chi connectivity index (χ0) is 10.9. The van der Waals surface area contributed by atoms with Crippen LogP contribution < -0.4 is 5.73 Å². The maximum atomic E-state index is 13.3. The standard InChI is InChI=1S/C8H6Cl2FNO2/c9-3-1-4(7(12)8(13)14)6(11)5(10)2-3/h1-2,7H,12H2,(H,13,14)/t7-/m0/s1. The molecular formula is C8H6Cl2FNO2. The number of carboxylic acid groups (broad SMARTS) is 1. The van der Waals surface area contributed by atoms with Crippen molar-refractivity contribution in [1.82, 2.24) is 0 Å². The molecule has 0 spiro atoms. The van der Waals surface area contributed by atoms with Crippen LogP contribution in [0.1, 0.15) is 11.6 Å². The summed E-state index contributed by atoms with van der Waals surface area (Å²) in [5.41, 5.74) is 4.99. The molecule has 0 aliphatic heterocycles. The molecule has 3 nitrogen and oxygen atoms in total. The van der Waals surface area contributed by atoms with Gasteiger partial charge in [-0.2, -0.15) is 0 Å². The lowest BCUT2D eigenvalue weighted by atomic mass is 10.1. The number of benzene rings is 1. The highest BCUT2D eigenvalue weighted by Crippen LogP contribution is 2.27. The Morgan fingerprint density at radius 2 is 2.07 bits per heavy atom.